The van der Waals surface area contributed by atoms with E-state index in [-0.39, 0.29) is 0 Å². The van der Waals surface area contributed by atoms with Crippen molar-refractivity contribution >= 4 is 16.0 Å². The van der Waals surface area contributed by atoms with E-state index < -0.39 is 38.1 Å². The Bertz CT molecular complexity index is 526. The van der Waals surface area contributed by atoms with Crippen molar-refractivity contribution in [2.75, 3.05) is 0 Å². The predicted octanol–water partition coefficient (Wildman–Crippen LogP) is 0.310. The standard InChI is InChI=1S/C7H5F2NO4S/c8-5-2-3(15(10,13)14)1-4(6(5)9)7(11)12/h1-2H,(H,11,12)(H2,10,13,14). The van der Waals surface area contributed by atoms with Crippen LogP contribution in [0.3, 0.4) is 0 Å². The number of nitrogens with two attached hydrogens (primary N) is 1. The number of carbonyl (C=O) groups is 1. The maximum Gasteiger partial charge on any atom is 0.338 e. The van der Waals surface area contributed by atoms with Crippen molar-refractivity contribution in [3.05, 3.63) is 29.3 Å². The lowest BCUT2D eigenvalue weighted by Gasteiger charge is -2.02. The number of primary sulfonamides is 1. The number of hydrogen-bond donors (Lipinski definition) is 2. The molecule has 1 aromatic carbocycles. The molecule has 0 heterocycles. The highest BCUT2D eigenvalue weighted by Gasteiger charge is 2.20. The SMILES string of the molecule is NS(=O)(=O)c1cc(F)c(F)c(C(=O)O)c1. The van der Waals surface area contributed by atoms with Gasteiger partial charge in [0.15, 0.2) is 11.6 Å². The van der Waals surface area contributed by atoms with Gasteiger partial charge in [0.2, 0.25) is 10.0 Å². The smallest absolute Gasteiger partial charge is 0.338 e. The molecule has 8 heteroatoms. The summed E-state index contributed by atoms with van der Waals surface area (Å²) >= 11 is 0. The number of hydrogen-bond acceptors (Lipinski definition) is 3. The van der Waals surface area contributed by atoms with Crippen LogP contribution in [0.4, 0.5) is 8.78 Å². The summed E-state index contributed by atoms with van der Waals surface area (Å²) < 4.78 is 47.1. The second kappa shape index (κ2) is 3.55. The number of sulfonamides is 1. The fraction of sp³-hybridized carbons (Fsp3) is 0. The Balaban J connectivity index is 3.57. The van der Waals surface area contributed by atoms with Crippen LogP contribution in [0.1, 0.15) is 10.4 Å². The molecule has 0 aliphatic carbocycles. The average molecular weight is 237 g/mol. The van der Waals surface area contributed by atoms with Gasteiger partial charge in [0.1, 0.15) is 0 Å². The van der Waals surface area contributed by atoms with E-state index in [1.165, 1.54) is 0 Å². The van der Waals surface area contributed by atoms with Gasteiger partial charge < -0.3 is 5.11 Å². The summed E-state index contributed by atoms with van der Waals surface area (Å²) in [4.78, 5) is 9.62. The molecule has 0 spiro atoms. The number of benzene rings is 1. The molecule has 5 nitrogen and oxygen atoms in total. The number of carboxylic acid groups (broad SMARTS) is 1. The molecular weight excluding hydrogens is 232 g/mol. The fourth-order valence-electron chi connectivity index (χ4n) is 0.884. The van der Waals surface area contributed by atoms with Crippen molar-refractivity contribution in [1.82, 2.24) is 0 Å². The van der Waals surface area contributed by atoms with E-state index >= 15 is 0 Å². The molecule has 0 aromatic heterocycles. The normalized spacial score (nSPS) is 11.4. The van der Waals surface area contributed by atoms with Gasteiger partial charge in [-0.3, -0.25) is 0 Å². The number of aromatic carboxylic acids is 1. The second-order valence-electron chi connectivity index (χ2n) is 2.62. The summed E-state index contributed by atoms with van der Waals surface area (Å²) in [5, 5.41) is 13.1. The third-order valence-corrected chi connectivity index (χ3v) is 2.45. The lowest BCUT2D eigenvalue weighted by atomic mass is 10.2. The molecular formula is C7H5F2NO4S. The van der Waals surface area contributed by atoms with Crippen LogP contribution in [-0.2, 0) is 10.0 Å². The van der Waals surface area contributed by atoms with E-state index in [0.717, 1.165) is 0 Å². The molecule has 0 saturated heterocycles. The maximum atomic E-state index is 12.8. The predicted molar refractivity (Wildman–Crippen MR) is 44.7 cm³/mol. The lowest BCUT2D eigenvalue weighted by Crippen LogP contribution is -2.15. The number of rotatable bonds is 2. The Labute approximate surface area is 83.2 Å². The van der Waals surface area contributed by atoms with Crippen LogP contribution in [0.5, 0.6) is 0 Å². The van der Waals surface area contributed by atoms with Gasteiger partial charge >= 0.3 is 5.97 Å². The Kier molecular flexibility index (Phi) is 2.73. The minimum atomic E-state index is -4.27. The Hall–Kier alpha value is -1.54. The van der Waals surface area contributed by atoms with Gasteiger partial charge in [0, 0.05) is 0 Å². The molecule has 0 unspecified atom stereocenters. The molecule has 0 bridgehead atoms. The number of carboxylic acids is 1. The maximum absolute atomic E-state index is 12.8. The van der Waals surface area contributed by atoms with Crippen LogP contribution in [-0.4, -0.2) is 19.5 Å². The molecule has 0 aliphatic heterocycles. The molecule has 0 saturated carbocycles. The number of halogens is 2. The minimum absolute atomic E-state index is 0.317. The van der Waals surface area contributed by atoms with Gasteiger partial charge in [-0.2, -0.15) is 0 Å². The highest BCUT2D eigenvalue weighted by atomic mass is 32.2. The summed E-state index contributed by atoms with van der Waals surface area (Å²) in [6, 6.07) is 0.771. The highest BCUT2D eigenvalue weighted by molar-refractivity contribution is 7.89. The third-order valence-electron chi connectivity index (χ3n) is 1.56. The zero-order valence-corrected chi connectivity index (χ0v) is 7.88. The lowest BCUT2D eigenvalue weighted by molar-refractivity contribution is 0.0690. The molecule has 0 fully saturated rings. The first-order valence-corrected chi connectivity index (χ1v) is 5.03. The van der Waals surface area contributed by atoms with Crippen molar-refractivity contribution in [3.8, 4) is 0 Å². The van der Waals surface area contributed by atoms with E-state index in [2.05, 4.69) is 5.14 Å². The molecule has 82 valence electrons. The Morgan fingerprint density at radius 3 is 2.27 bits per heavy atom. The van der Waals surface area contributed by atoms with E-state index in [1.54, 1.807) is 0 Å². The first-order valence-electron chi connectivity index (χ1n) is 3.48. The topological polar surface area (TPSA) is 97.5 Å². The quantitative estimate of drug-likeness (QED) is 0.773. The first kappa shape index (κ1) is 11.5. The monoisotopic (exact) mass is 237 g/mol. The van der Waals surface area contributed by atoms with Crippen molar-refractivity contribution < 1.29 is 27.1 Å². The van der Waals surface area contributed by atoms with Crippen LogP contribution in [0.2, 0.25) is 0 Å². The molecule has 15 heavy (non-hydrogen) atoms. The van der Waals surface area contributed by atoms with Crippen LogP contribution in [0.25, 0.3) is 0 Å². The summed E-state index contributed by atoms with van der Waals surface area (Å²) in [5.41, 5.74) is -1.08. The Morgan fingerprint density at radius 1 is 1.33 bits per heavy atom. The zero-order valence-electron chi connectivity index (χ0n) is 7.07. The highest BCUT2D eigenvalue weighted by Crippen LogP contribution is 2.17. The van der Waals surface area contributed by atoms with Gasteiger partial charge in [-0.05, 0) is 12.1 Å². The first-order chi connectivity index (χ1) is 6.73. The van der Waals surface area contributed by atoms with Gasteiger partial charge in [-0.25, -0.2) is 27.1 Å². The molecule has 0 atom stereocenters. The van der Waals surface area contributed by atoms with Crippen LogP contribution >= 0.6 is 0 Å². The van der Waals surface area contributed by atoms with E-state index in [1.807, 2.05) is 0 Å². The summed E-state index contributed by atoms with van der Waals surface area (Å²) in [6.45, 7) is 0. The van der Waals surface area contributed by atoms with Crippen LogP contribution in [0.15, 0.2) is 17.0 Å². The third kappa shape index (κ3) is 2.28. The van der Waals surface area contributed by atoms with Crippen molar-refractivity contribution in [3.63, 3.8) is 0 Å². The van der Waals surface area contributed by atoms with E-state index in [0.29, 0.717) is 12.1 Å². The Morgan fingerprint density at radius 2 is 1.87 bits per heavy atom. The van der Waals surface area contributed by atoms with Crippen molar-refractivity contribution in [2.45, 2.75) is 4.90 Å². The van der Waals surface area contributed by atoms with E-state index in [9.17, 15) is 22.0 Å². The molecule has 1 rings (SSSR count). The fourth-order valence-corrected chi connectivity index (χ4v) is 1.43. The summed E-state index contributed by atoms with van der Waals surface area (Å²) in [7, 11) is -4.27. The second-order valence-corrected chi connectivity index (χ2v) is 4.18. The molecule has 1 aromatic rings. The molecule has 3 N–H and O–H groups in total. The minimum Gasteiger partial charge on any atom is -0.478 e. The van der Waals surface area contributed by atoms with Gasteiger partial charge in [0.25, 0.3) is 0 Å². The van der Waals surface area contributed by atoms with Gasteiger partial charge in [-0.15, -0.1) is 0 Å². The van der Waals surface area contributed by atoms with Gasteiger partial charge in [-0.1, -0.05) is 0 Å². The van der Waals surface area contributed by atoms with Crippen molar-refractivity contribution in [1.29, 1.82) is 0 Å². The molecule has 0 radical (unpaired) electrons. The van der Waals surface area contributed by atoms with E-state index in [4.69, 9.17) is 5.11 Å². The summed E-state index contributed by atoms with van der Waals surface area (Å²) in [6.07, 6.45) is 0. The van der Waals surface area contributed by atoms with Gasteiger partial charge in [0.05, 0.1) is 10.5 Å². The average Bonchev–Trinajstić information content (AvgIpc) is 2.06. The molecule has 0 amide bonds. The van der Waals surface area contributed by atoms with Crippen molar-refractivity contribution in [2.24, 2.45) is 5.14 Å². The molecule has 0 aliphatic rings. The van der Waals surface area contributed by atoms with Crippen LogP contribution < -0.4 is 5.14 Å². The largest absolute Gasteiger partial charge is 0.478 e. The zero-order chi connectivity index (χ0) is 11.8. The van der Waals surface area contributed by atoms with Crippen LogP contribution in [0, 0.1) is 11.6 Å². The summed E-state index contributed by atoms with van der Waals surface area (Å²) in [5.74, 6) is -4.99.